The molecule has 58 valence electrons. The second-order valence-electron chi connectivity index (χ2n) is 3.39. The van der Waals surface area contributed by atoms with Crippen molar-refractivity contribution >= 4 is 15.9 Å². The van der Waals surface area contributed by atoms with Gasteiger partial charge in [0.1, 0.15) is 0 Å². The Bertz CT molecular complexity index is 137. The first-order chi connectivity index (χ1) is 4.84. The molecule has 0 saturated heterocycles. The summed E-state index contributed by atoms with van der Waals surface area (Å²) in [4.78, 5) is 0.778. The van der Waals surface area contributed by atoms with Crippen molar-refractivity contribution in [1.82, 2.24) is 0 Å². The van der Waals surface area contributed by atoms with Gasteiger partial charge in [0.05, 0.1) is 6.10 Å². The van der Waals surface area contributed by atoms with Gasteiger partial charge in [-0.3, -0.25) is 0 Å². The molecule has 0 unspecified atom stereocenters. The monoisotopic (exact) mass is 204 g/mol. The Morgan fingerprint density at radius 3 is 2.80 bits per heavy atom. The number of ether oxygens (including phenoxy) is 1. The molecule has 10 heavy (non-hydrogen) atoms. The molecular weight excluding hydrogens is 192 g/mol. The zero-order valence-electron chi connectivity index (χ0n) is 6.22. The van der Waals surface area contributed by atoms with Crippen LogP contribution in [-0.2, 0) is 4.74 Å². The van der Waals surface area contributed by atoms with Crippen LogP contribution in [0.15, 0.2) is 0 Å². The topological polar surface area (TPSA) is 9.23 Å². The fourth-order valence-electron chi connectivity index (χ4n) is 2.21. The summed E-state index contributed by atoms with van der Waals surface area (Å²) >= 11 is 3.68. The Morgan fingerprint density at radius 2 is 2.20 bits per heavy atom. The quantitative estimate of drug-likeness (QED) is 0.596. The fraction of sp³-hybridized carbons (Fsp3) is 1.00. The minimum absolute atomic E-state index is 0.558. The van der Waals surface area contributed by atoms with Crippen molar-refractivity contribution in [3.8, 4) is 0 Å². The summed E-state index contributed by atoms with van der Waals surface area (Å²) in [5, 5.41) is 0. The second kappa shape index (κ2) is 2.49. The minimum atomic E-state index is 0.558. The third kappa shape index (κ3) is 0.928. The van der Waals surface area contributed by atoms with Crippen LogP contribution in [0.2, 0.25) is 0 Å². The number of hydrogen-bond acceptors (Lipinski definition) is 1. The van der Waals surface area contributed by atoms with E-state index in [9.17, 15) is 0 Å². The summed E-state index contributed by atoms with van der Waals surface area (Å²) in [6.07, 6.45) is 4.62. The van der Waals surface area contributed by atoms with Gasteiger partial charge in [0.25, 0.3) is 0 Å². The standard InChI is InChI=1S/C8H13BrO/c1-10-6-4-2-3-5-7(6)8(5)9/h5-8H,2-4H2,1H3/t5-,6+,7-,8-/m1/s1. The predicted octanol–water partition coefficient (Wildman–Crippen LogP) is 2.19. The number of rotatable bonds is 1. The van der Waals surface area contributed by atoms with Crippen molar-refractivity contribution in [2.45, 2.75) is 30.2 Å². The van der Waals surface area contributed by atoms with Gasteiger partial charge >= 0.3 is 0 Å². The van der Waals surface area contributed by atoms with Crippen LogP contribution < -0.4 is 0 Å². The lowest BCUT2D eigenvalue weighted by Crippen LogP contribution is -2.18. The Kier molecular flexibility index (Phi) is 1.77. The van der Waals surface area contributed by atoms with E-state index in [-0.39, 0.29) is 0 Å². The van der Waals surface area contributed by atoms with Gasteiger partial charge in [-0.1, -0.05) is 22.4 Å². The molecule has 2 aliphatic rings. The Balaban J connectivity index is 1.98. The normalized spacial score (nSPS) is 52.2. The summed E-state index contributed by atoms with van der Waals surface area (Å²) in [6, 6.07) is 0. The Morgan fingerprint density at radius 1 is 1.40 bits per heavy atom. The molecule has 1 nitrogen and oxygen atoms in total. The van der Waals surface area contributed by atoms with Gasteiger partial charge in [-0.25, -0.2) is 0 Å². The van der Waals surface area contributed by atoms with Gasteiger partial charge in [0.2, 0.25) is 0 Å². The maximum absolute atomic E-state index is 5.39. The first kappa shape index (κ1) is 7.11. The van der Waals surface area contributed by atoms with Gasteiger partial charge in [-0.15, -0.1) is 0 Å². The highest BCUT2D eigenvalue weighted by atomic mass is 79.9. The molecular formula is C8H13BrO. The van der Waals surface area contributed by atoms with Gasteiger partial charge in [0, 0.05) is 17.9 Å². The molecule has 2 heteroatoms. The van der Waals surface area contributed by atoms with Crippen LogP contribution in [0.4, 0.5) is 0 Å². The highest BCUT2D eigenvalue weighted by molar-refractivity contribution is 9.09. The second-order valence-corrected chi connectivity index (χ2v) is 4.45. The molecule has 2 rings (SSSR count). The van der Waals surface area contributed by atoms with Gasteiger partial charge in [0.15, 0.2) is 0 Å². The number of methoxy groups -OCH3 is 1. The van der Waals surface area contributed by atoms with Crippen LogP contribution in [0.25, 0.3) is 0 Å². The molecule has 2 saturated carbocycles. The Labute approximate surface area is 70.3 Å². The summed E-state index contributed by atoms with van der Waals surface area (Å²) in [7, 11) is 1.84. The highest BCUT2D eigenvalue weighted by Gasteiger charge is 2.54. The van der Waals surface area contributed by atoms with Crippen LogP contribution in [0.5, 0.6) is 0 Å². The first-order valence-electron chi connectivity index (χ1n) is 4.01. The van der Waals surface area contributed by atoms with E-state index in [1.54, 1.807) is 0 Å². The minimum Gasteiger partial charge on any atom is -0.381 e. The SMILES string of the molecule is CO[C@H]1CCC[C@H]2[C@@H](Br)[C@H]21. The van der Waals surface area contributed by atoms with E-state index >= 15 is 0 Å². The van der Waals surface area contributed by atoms with E-state index < -0.39 is 0 Å². The van der Waals surface area contributed by atoms with Crippen molar-refractivity contribution in [3.63, 3.8) is 0 Å². The van der Waals surface area contributed by atoms with E-state index in [0.29, 0.717) is 6.10 Å². The fourth-order valence-corrected chi connectivity index (χ4v) is 3.38. The first-order valence-corrected chi connectivity index (χ1v) is 4.93. The molecule has 0 aromatic rings. The average molecular weight is 205 g/mol. The lowest BCUT2D eigenvalue weighted by Gasteiger charge is -2.18. The zero-order chi connectivity index (χ0) is 7.14. The van der Waals surface area contributed by atoms with E-state index in [1.807, 2.05) is 7.11 Å². The molecule has 0 spiro atoms. The average Bonchev–Trinajstić information content (AvgIpc) is 2.63. The smallest absolute Gasteiger partial charge is 0.0613 e. The van der Waals surface area contributed by atoms with Gasteiger partial charge in [-0.05, 0) is 18.8 Å². The molecule has 0 N–H and O–H groups in total. The molecule has 4 atom stereocenters. The van der Waals surface area contributed by atoms with Crippen molar-refractivity contribution in [3.05, 3.63) is 0 Å². The summed E-state index contributed by atoms with van der Waals surface area (Å²) < 4.78 is 5.39. The van der Waals surface area contributed by atoms with Crippen LogP contribution in [0.1, 0.15) is 19.3 Å². The molecule has 0 bridgehead atoms. The number of hydrogen-bond donors (Lipinski definition) is 0. The van der Waals surface area contributed by atoms with Crippen molar-refractivity contribution in [2.24, 2.45) is 11.8 Å². The van der Waals surface area contributed by atoms with Gasteiger partial charge < -0.3 is 4.74 Å². The molecule has 0 aromatic heterocycles. The van der Waals surface area contributed by atoms with Crippen molar-refractivity contribution < 1.29 is 4.74 Å². The predicted molar refractivity (Wildman–Crippen MR) is 44.3 cm³/mol. The molecule has 2 aliphatic carbocycles. The molecule has 0 aliphatic heterocycles. The van der Waals surface area contributed by atoms with E-state index in [1.165, 1.54) is 19.3 Å². The number of fused-ring (bicyclic) bond motifs is 1. The number of alkyl halides is 1. The lowest BCUT2D eigenvalue weighted by molar-refractivity contribution is 0.0593. The van der Waals surface area contributed by atoms with Crippen molar-refractivity contribution in [2.75, 3.05) is 7.11 Å². The lowest BCUT2D eigenvalue weighted by atomic mass is 9.98. The van der Waals surface area contributed by atoms with Crippen LogP contribution in [0.3, 0.4) is 0 Å². The molecule has 0 amide bonds. The molecule has 0 heterocycles. The zero-order valence-corrected chi connectivity index (χ0v) is 7.80. The largest absolute Gasteiger partial charge is 0.381 e. The molecule has 0 aromatic carbocycles. The Hall–Kier alpha value is 0.440. The van der Waals surface area contributed by atoms with Gasteiger partial charge in [-0.2, -0.15) is 0 Å². The summed E-state index contributed by atoms with van der Waals surface area (Å²) in [5.74, 6) is 1.79. The third-order valence-corrected chi connectivity index (χ3v) is 4.18. The highest BCUT2D eigenvalue weighted by Crippen LogP contribution is 2.55. The third-order valence-electron chi connectivity index (χ3n) is 2.89. The van der Waals surface area contributed by atoms with Crippen LogP contribution >= 0.6 is 15.9 Å². The summed E-state index contributed by atoms with van der Waals surface area (Å²) in [5.41, 5.74) is 0. The van der Waals surface area contributed by atoms with Crippen LogP contribution in [0, 0.1) is 11.8 Å². The molecule has 2 fully saturated rings. The maximum atomic E-state index is 5.39. The number of halogens is 1. The maximum Gasteiger partial charge on any atom is 0.0613 e. The van der Waals surface area contributed by atoms with Crippen LogP contribution in [-0.4, -0.2) is 18.0 Å². The summed E-state index contributed by atoms with van der Waals surface area (Å²) in [6.45, 7) is 0. The van der Waals surface area contributed by atoms with E-state index in [0.717, 1.165) is 16.7 Å². The molecule has 0 radical (unpaired) electrons. The van der Waals surface area contributed by atoms with Crippen molar-refractivity contribution in [1.29, 1.82) is 0 Å². The van der Waals surface area contributed by atoms with E-state index in [4.69, 9.17) is 4.74 Å². The van der Waals surface area contributed by atoms with E-state index in [2.05, 4.69) is 15.9 Å².